The zero-order valence-corrected chi connectivity index (χ0v) is 22.9. The molecule has 9 rings (SSSR count). The third-order valence-electron chi connectivity index (χ3n) is 8.90. The molecule has 0 spiro atoms. The van der Waals surface area contributed by atoms with E-state index in [0.29, 0.717) is 0 Å². The van der Waals surface area contributed by atoms with Gasteiger partial charge in [0.15, 0.2) is 0 Å². The molecule has 0 unspecified atom stereocenters. The van der Waals surface area contributed by atoms with Crippen molar-refractivity contribution < 1.29 is 0 Å². The van der Waals surface area contributed by atoms with E-state index in [4.69, 9.17) is 0 Å². The fraction of sp³-hybridized carbons (Fsp3) is 0. The van der Waals surface area contributed by atoms with Crippen molar-refractivity contribution in [3.63, 3.8) is 0 Å². The predicted octanol–water partition coefficient (Wildman–Crippen LogP) is 11.3. The minimum absolute atomic E-state index is 1.14. The zero-order valence-electron chi connectivity index (χ0n) is 22.9. The molecule has 0 saturated carbocycles. The minimum atomic E-state index is 1.14. The van der Waals surface area contributed by atoms with E-state index in [1.165, 1.54) is 81.7 Å². The third kappa shape index (κ3) is 3.28. The van der Waals surface area contributed by atoms with Gasteiger partial charge in [0.2, 0.25) is 0 Å². The highest BCUT2D eigenvalue weighted by Crippen LogP contribution is 2.47. The molecule has 0 fully saturated rings. The molecular formula is C41H25N. The van der Waals surface area contributed by atoms with Gasteiger partial charge in [-0.3, -0.25) is 4.98 Å². The van der Waals surface area contributed by atoms with Crippen LogP contribution in [0.5, 0.6) is 0 Å². The number of fused-ring (bicyclic) bond motifs is 2. The summed E-state index contributed by atoms with van der Waals surface area (Å²) in [5, 5.41) is 12.9. The average molecular weight is 532 g/mol. The Morgan fingerprint density at radius 1 is 0.333 bits per heavy atom. The largest absolute Gasteiger partial charge is 0.264 e. The van der Waals surface area contributed by atoms with Gasteiger partial charge in [-0.15, -0.1) is 0 Å². The van der Waals surface area contributed by atoms with Gasteiger partial charge in [0, 0.05) is 18.0 Å². The van der Waals surface area contributed by atoms with Gasteiger partial charge in [0.05, 0.1) is 0 Å². The monoisotopic (exact) mass is 531 g/mol. The lowest BCUT2D eigenvalue weighted by Gasteiger charge is -2.20. The minimum Gasteiger partial charge on any atom is -0.264 e. The highest BCUT2D eigenvalue weighted by atomic mass is 14.6. The van der Waals surface area contributed by atoms with Crippen LogP contribution in [0.4, 0.5) is 0 Å². The van der Waals surface area contributed by atoms with E-state index < -0.39 is 0 Å². The molecule has 1 nitrogen and oxygen atoms in total. The summed E-state index contributed by atoms with van der Waals surface area (Å²) in [4.78, 5) is 4.41. The number of pyridine rings is 1. The summed E-state index contributed by atoms with van der Waals surface area (Å²) < 4.78 is 0. The Morgan fingerprint density at radius 2 is 0.833 bits per heavy atom. The predicted molar refractivity (Wildman–Crippen MR) is 179 cm³/mol. The van der Waals surface area contributed by atoms with Crippen molar-refractivity contribution in [3.05, 3.63) is 152 Å². The summed E-state index contributed by atoms with van der Waals surface area (Å²) in [7, 11) is 0. The molecule has 0 radical (unpaired) electrons. The molecule has 0 N–H and O–H groups in total. The van der Waals surface area contributed by atoms with E-state index in [1.54, 1.807) is 0 Å². The number of nitrogens with zero attached hydrogens (tertiary/aromatic N) is 1. The lowest BCUT2D eigenvalue weighted by molar-refractivity contribution is 1.33. The molecular weight excluding hydrogens is 506 g/mol. The molecule has 1 heterocycles. The molecule has 42 heavy (non-hydrogen) atoms. The van der Waals surface area contributed by atoms with E-state index in [0.717, 1.165) is 5.56 Å². The normalized spacial score (nSPS) is 11.8. The first kappa shape index (κ1) is 23.2. The molecule has 0 bridgehead atoms. The Morgan fingerprint density at radius 3 is 1.43 bits per heavy atom. The second kappa shape index (κ2) is 8.99. The molecule has 0 aliphatic heterocycles. The van der Waals surface area contributed by atoms with Gasteiger partial charge < -0.3 is 0 Å². The van der Waals surface area contributed by atoms with Crippen LogP contribution in [-0.2, 0) is 0 Å². The van der Waals surface area contributed by atoms with E-state index in [9.17, 15) is 0 Å². The van der Waals surface area contributed by atoms with Crippen LogP contribution in [0.1, 0.15) is 0 Å². The molecule has 1 heteroatoms. The fourth-order valence-electron chi connectivity index (χ4n) is 7.13. The van der Waals surface area contributed by atoms with Crippen LogP contribution in [0.25, 0.3) is 87.2 Å². The van der Waals surface area contributed by atoms with Crippen LogP contribution in [0, 0.1) is 0 Å². The Hall–Kier alpha value is -5.53. The Bertz CT molecular complexity index is 2380. The van der Waals surface area contributed by atoms with Gasteiger partial charge in [-0.25, -0.2) is 0 Å². The maximum Gasteiger partial charge on any atom is 0.0346 e. The first-order chi connectivity index (χ1) is 20.9. The summed E-state index contributed by atoms with van der Waals surface area (Å²) in [6, 6.07) is 51.1. The quantitative estimate of drug-likeness (QED) is 0.163. The molecule has 1 aromatic heterocycles. The van der Waals surface area contributed by atoms with Gasteiger partial charge in [0.25, 0.3) is 0 Å². The molecule has 0 aliphatic rings. The molecule has 0 saturated heterocycles. The van der Waals surface area contributed by atoms with Crippen molar-refractivity contribution in [2.75, 3.05) is 0 Å². The summed E-state index contributed by atoms with van der Waals surface area (Å²) in [6.07, 6.45) is 3.80. The Kier molecular flexibility index (Phi) is 4.97. The molecule has 194 valence electrons. The summed E-state index contributed by atoms with van der Waals surface area (Å²) in [6.45, 7) is 0. The molecule has 0 aliphatic carbocycles. The maximum atomic E-state index is 4.41. The molecule has 9 aromatic rings. The van der Waals surface area contributed by atoms with Crippen LogP contribution in [-0.4, -0.2) is 4.98 Å². The first-order valence-electron chi connectivity index (χ1n) is 14.5. The number of aromatic nitrogens is 1. The van der Waals surface area contributed by atoms with Crippen molar-refractivity contribution >= 4 is 53.9 Å². The fourth-order valence-corrected chi connectivity index (χ4v) is 7.13. The molecule has 8 aromatic carbocycles. The van der Waals surface area contributed by atoms with Crippen molar-refractivity contribution in [1.82, 2.24) is 4.98 Å². The zero-order chi connectivity index (χ0) is 27.6. The number of benzene rings is 8. The summed E-state index contributed by atoms with van der Waals surface area (Å²) >= 11 is 0. The van der Waals surface area contributed by atoms with E-state index in [2.05, 4.69) is 138 Å². The van der Waals surface area contributed by atoms with Crippen molar-refractivity contribution in [3.8, 4) is 33.4 Å². The highest BCUT2D eigenvalue weighted by Gasteiger charge is 2.20. The number of rotatable bonds is 3. The van der Waals surface area contributed by atoms with Gasteiger partial charge in [0.1, 0.15) is 0 Å². The number of hydrogen-bond donors (Lipinski definition) is 0. The molecule has 0 atom stereocenters. The highest BCUT2D eigenvalue weighted by molar-refractivity contribution is 6.30. The van der Waals surface area contributed by atoms with Crippen LogP contribution >= 0.6 is 0 Å². The smallest absolute Gasteiger partial charge is 0.0346 e. The second-order valence-electron chi connectivity index (χ2n) is 11.1. The summed E-state index contributed by atoms with van der Waals surface area (Å²) in [5.41, 5.74) is 7.48. The topological polar surface area (TPSA) is 12.9 Å². The lowest BCUT2D eigenvalue weighted by Crippen LogP contribution is -1.93. The van der Waals surface area contributed by atoms with Crippen molar-refractivity contribution in [2.45, 2.75) is 0 Å². The summed E-state index contributed by atoms with van der Waals surface area (Å²) in [5.74, 6) is 0. The van der Waals surface area contributed by atoms with Gasteiger partial charge in [-0.05, 0) is 87.7 Å². The van der Waals surface area contributed by atoms with Crippen LogP contribution in [0.3, 0.4) is 0 Å². The second-order valence-corrected chi connectivity index (χ2v) is 11.1. The van der Waals surface area contributed by atoms with Gasteiger partial charge in [-0.1, -0.05) is 133 Å². The van der Waals surface area contributed by atoms with Gasteiger partial charge in [-0.2, -0.15) is 0 Å². The lowest BCUT2D eigenvalue weighted by atomic mass is 9.83. The SMILES string of the molecule is c1ccc(-c2c3ccccc3c(-c3ccc4ccc5c(-c6cccnc6)ccc6ccc3c4c65)c3ccccc23)cc1. The molecule has 0 amide bonds. The Balaban J connectivity index is 1.43. The maximum absolute atomic E-state index is 4.41. The van der Waals surface area contributed by atoms with Crippen molar-refractivity contribution in [1.29, 1.82) is 0 Å². The van der Waals surface area contributed by atoms with E-state index >= 15 is 0 Å². The first-order valence-corrected chi connectivity index (χ1v) is 14.5. The average Bonchev–Trinajstić information content (AvgIpc) is 3.07. The van der Waals surface area contributed by atoms with Crippen LogP contribution < -0.4 is 0 Å². The van der Waals surface area contributed by atoms with Gasteiger partial charge >= 0.3 is 0 Å². The third-order valence-corrected chi connectivity index (χ3v) is 8.90. The van der Waals surface area contributed by atoms with Crippen LogP contribution in [0.15, 0.2) is 152 Å². The standard InChI is InChI=1S/C41H25N/c1-2-9-26(10-3-1)38-31-12-4-6-14-33(31)41(34-15-7-5-13-32(34)38)37-23-19-28-17-21-35-30(29-11-8-24-42-25-29)20-16-27-18-22-36(37)40(28)39(27)35/h1-25H. The van der Waals surface area contributed by atoms with E-state index in [1.807, 2.05) is 18.5 Å². The Labute approximate surface area is 243 Å². The van der Waals surface area contributed by atoms with E-state index in [-0.39, 0.29) is 0 Å². The van der Waals surface area contributed by atoms with Crippen molar-refractivity contribution in [2.24, 2.45) is 0 Å². The van der Waals surface area contributed by atoms with Crippen LogP contribution in [0.2, 0.25) is 0 Å². The number of hydrogen-bond acceptors (Lipinski definition) is 1.